The van der Waals surface area contributed by atoms with Crippen LogP contribution in [0.1, 0.15) is 18.4 Å². The zero-order valence-electron chi connectivity index (χ0n) is 9.57. The lowest BCUT2D eigenvalue weighted by Crippen LogP contribution is -2.15. The Morgan fingerprint density at radius 3 is 2.82 bits per heavy atom. The minimum Gasteiger partial charge on any atom is -0.496 e. The van der Waals surface area contributed by atoms with Gasteiger partial charge in [0.15, 0.2) is 5.92 Å². The largest absolute Gasteiger partial charge is 0.496 e. The maximum Gasteiger partial charge on any atom is 0.328 e. The zero-order chi connectivity index (χ0) is 12.8. The van der Waals surface area contributed by atoms with Crippen molar-refractivity contribution in [1.82, 2.24) is 0 Å². The molecule has 90 valence electrons. The molecule has 1 unspecified atom stereocenters. The van der Waals surface area contributed by atoms with E-state index in [1.54, 1.807) is 19.1 Å². The number of esters is 1. The summed E-state index contributed by atoms with van der Waals surface area (Å²) in [6.45, 7) is 1.90. The molecule has 1 aromatic rings. The highest BCUT2D eigenvalue weighted by molar-refractivity contribution is 6.30. The number of ether oxygens (including phenoxy) is 2. The van der Waals surface area contributed by atoms with Crippen LogP contribution in [0.3, 0.4) is 0 Å². The molecule has 0 fully saturated rings. The van der Waals surface area contributed by atoms with Crippen LogP contribution in [0.4, 0.5) is 0 Å². The number of carbonyl (C=O) groups excluding carboxylic acids is 1. The van der Waals surface area contributed by atoms with Gasteiger partial charge in [-0.1, -0.05) is 11.6 Å². The minimum atomic E-state index is -1.02. The van der Waals surface area contributed by atoms with E-state index in [0.29, 0.717) is 16.3 Å². The van der Waals surface area contributed by atoms with Gasteiger partial charge in [0.2, 0.25) is 0 Å². The van der Waals surface area contributed by atoms with E-state index in [9.17, 15) is 4.79 Å². The van der Waals surface area contributed by atoms with E-state index in [1.165, 1.54) is 13.2 Å². The summed E-state index contributed by atoms with van der Waals surface area (Å²) in [5.41, 5.74) is 0.418. The number of benzene rings is 1. The summed E-state index contributed by atoms with van der Waals surface area (Å²) in [7, 11) is 1.46. The van der Waals surface area contributed by atoms with Crippen molar-refractivity contribution >= 4 is 17.6 Å². The fourth-order valence-corrected chi connectivity index (χ4v) is 1.59. The van der Waals surface area contributed by atoms with E-state index >= 15 is 0 Å². The number of halogens is 1. The third-order valence-corrected chi connectivity index (χ3v) is 2.39. The molecule has 0 saturated carbocycles. The smallest absolute Gasteiger partial charge is 0.328 e. The van der Waals surface area contributed by atoms with Crippen molar-refractivity contribution in [3.05, 3.63) is 28.8 Å². The van der Waals surface area contributed by atoms with Crippen molar-refractivity contribution < 1.29 is 14.3 Å². The lowest BCUT2D eigenvalue weighted by atomic mass is 10.00. The molecule has 0 aliphatic carbocycles. The highest BCUT2D eigenvalue weighted by Gasteiger charge is 2.25. The van der Waals surface area contributed by atoms with Crippen LogP contribution >= 0.6 is 11.6 Å². The Bertz CT molecular complexity index is 454. The van der Waals surface area contributed by atoms with Crippen LogP contribution in [0.5, 0.6) is 5.75 Å². The van der Waals surface area contributed by atoms with Crippen LogP contribution in [0.2, 0.25) is 5.02 Å². The summed E-state index contributed by atoms with van der Waals surface area (Å²) in [5.74, 6) is -1.19. The van der Waals surface area contributed by atoms with E-state index in [-0.39, 0.29) is 6.61 Å². The summed E-state index contributed by atoms with van der Waals surface area (Å²) < 4.78 is 9.92. The van der Waals surface area contributed by atoms with E-state index in [1.807, 2.05) is 6.07 Å². The van der Waals surface area contributed by atoms with Gasteiger partial charge >= 0.3 is 5.97 Å². The average Bonchev–Trinajstić information content (AvgIpc) is 2.31. The Balaban J connectivity index is 3.15. The van der Waals surface area contributed by atoms with Crippen molar-refractivity contribution in [2.45, 2.75) is 12.8 Å². The van der Waals surface area contributed by atoms with Gasteiger partial charge in [0, 0.05) is 10.6 Å². The first-order chi connectivity index (χ1) is 8.13. The fourth-order valence-electron chi connectivity index (χ4n) is 1.41. The molecule has 4 nitrogen and oxygen atoms in total. The Morgan fingerprint density at radius 1 is 1.59 bits per heavy atom. The topological polar surface area (TPSA) is 59.3 Å². The molecular formula is C12H12ClNO3. The molecule has 0 radical (unpaired) electrons. The molecule has 0 bridgehead atoms. The van der Waals surface area contributed by atoms with Gasteiger partial charge in [-0.25, -0.2) is 0 Å². The van der Waals surface area contributed by atoms with Gasteiger partial charge in [0.1, 0.15) is 5.75 Å². The number of carbonyl (C=O) groups is 1. The summed E-state index contributed by atoms with van der Waals surface area (Å²) >= 11 is 5.84. The molecule has 1 atom stereocenters. The molecule has 1 aromatic carbocycles. The number of hydrogen-bond donors (Lipinski definition) is 0. The lowest BCUT2D eigenvalue weighted by Gasteiger charge is -2.12. The maximum absolute atomic E-state index is 11.6. The lowest BCUT2D eigenvalue weighted by molar-refractivity contribution is -0.143. The van der Waals surface area contributed by atoms with Crippen LogP contribution in [0.25, 0.3) is 0 Å². The highest BCUT2D eigenvalue weighted by atomic mass is 35.5. The van der Waals surface area contributed by atoms with Crippen molar-refractivity contribution in [3.63, 3.8) is 0 Å². The standard InChI is InChI=1S/C12H12ClNO3/c1-3-17-12(15)10(7-14)9-6-8(13)4-5-11(9)16-2/h4-6,10H,3H2,1-2H3. The van der Waals surface area contributed by atoms with E-state index in [4.69, 9.17) is 26.3 Å². The quantitative estimate of drug-likeness (QED) is 0.774. The Labute approximate surface area is 105 Å². The number of nitriles is 1. The molecule has 1 rings (SSSR count). The molecule has 0 aromatic heterocycles. The molecule has 0 heterocycles. The molecule has 17 heavy (non-hydrogen) atoms. The molecular weight excluding hydrogens is 242 g/mol. The van der Waals surface area contributed by atoms with Crippen LogP contribution in [-0.4, -0.2) is 19.7 Å². The van der Waals surface area contributed by atoms with Gasteiger partial charge in [-0.05, 0) is 25.1 Å². The first-order valence-corrected chi connectivity index (χ1v) is 5.41. The minimum absolute atomic E-state index is 0.222. The number of hydrogen-bond acceptors (Lipinski definition) is 4. The molecule has 0 aliphatic rings. The third-order valence-electron chi connectivity index (χ3n) is 2.15. The van der Waals surface area contributed by atoms with Gasteiger partial charge in [-0.2, -0.15) is 5.26 Å². The Morgan fingerprint density at radius 2 is 2.29 bits per heavy atom. The second-order valence-electron chi connectivity index (χ2n) is 3.20. The van der Waals surface area contributed by atoms with Crippen molar-refractivity contribution in [1.29, 1.82) is 5.26 Å². The number of rotatable bonds is 4. The predicted octanol–water partition coefficient (Wildman–Crippen LogP) is 2.52. The van der Waals surface area contributed by atoms with Crippen molar-refractivity contribution in [2.24, 2.45) is 0 Å². The fraction of sp³-hybridized carbons (Fsp3) is 0.333. The first kappa shape index (κ1) is 13.3. The molecule has 0 aliphatic heterocycles. The second-order valence-corrected chi connectivity index (χ2v) is 3.64. The SMILES string of the molecule is CCOC(=O)C(C#N)c1cc(Cl)ccc1OC. The van der Waals surface area contributed by atoms with Crippen LogP contribution in [-0.2, 0) is 9.53 Å². The van der Waals surface area contributed by atoms with Gasteiger partial charge in [0.05, 0.1) is 19.8 Å². The van der Waals surface area contributed by atoms with Crippen molar-refractivity contribution in [2.75, 3.05) is 13.7 Å². The summed E-state index contributed by atoms with van der Waals surface area (Å²) in [5, 5.41) is 9.47. The molecule has 0 saturated heterocycles. The zero-order valence-corrected chi connectivity index (χ0v) is 10.3. The third kappa shape index (κ3) is 3.11. The van der Waals surface area contributed by atoms with E-state index < -0.39 is 11.9 Å². The predicted molar refractivity (Wildman–Crippen MR) is 63.0 cm³/mol. The summed E-state index contributed by atoms with van der Waals surface area (Å²) in [4.78, 5) is 11.6. The maximum atomic E-state index is 11.6. The average molecular weight is 254 g/mol. The van der Waals surface area contributed by atoms with Crippen LogP contribution in [0.15, 0.2) is 18.2 Å². The molecule has 0 spiro atoms. The monoisotopic (exact) mass is 253 g/mol. The second kappa shape index (κ2) is 6.12. The van der Waals surface area contributed by atoms with Crippen LogP contribution in [0, 0.1) is 11.3 Å². The summed E-state index contributed by atoms with van der Waals surface area (Å²) in [6.07, 6.45) is 0. The van der Waals surface area contributed by atoms with E-state index in [0.717, 1.165) is 0 Å². The van der Waals surface area contributed by atoms with Crippen molar-refractivity contribution in [3.8, 4) is 11.8 Å². The molecule has 0 N–H and O–H groups in total. The Kier molecular flexibility index (Phi) is 4.80. The van der Waals surface area contributed by atoms with Gasteiger partial charge in [-0.15, -0.1) is 0 Å². The number of methoxy groups -OCH3 is 1. The van der Waals surface area contributed by atoms with Gasteiger partial charge in [0.25, 0.3) is 0 Å². The molecule has 5 heteroatoms. The summed E-state index contributed by atoms with van der Waals surface area (Å²) in [6, 6.07) is 6.67. The normalized spacial score (nSPS) is 11.4. The molecule has 0 amide bonds. The van der Waals surface area contributed by atoms with E-state index in [2.05, 4.69) is 0 Å². The van der Waals surface area contributed by atoms with Gasteiger partial charge < -0.3 is 9.47 Å². The first-order valence-electron chi connectivity index (χ1n) is 5.03. The van der Waals surface area contributed by atoms with Gasteiger partial charge in [-0.3, -0.25) is 4.79 Å². The highest BCUT2D eigenvalue weighted by Crippen LogP contribution is 2.30. The van der Waals surface area contributed by atoms with Crippen LogP contribution < -0.4 is 4.74 Å². The number of nitrogens with zero attached hydrogens (tertiary/aromatic N) is 1. The Hall–Kier alpha value is -1.73.